The highest BCUT2D eigenvalue weighted by molar-refractivity contribution is 6.32. The second-order valence-corrected chi connectivity index (χ2v) is 7.31. The molecule has 0 aromatic heterocycles. The zero-order valence-electron chi connectivity index (χ0n) is 15.0. The zero-order chi connectivity index (χ0) is 17.8. The molecule has 2 atom stereocenters. The molecule has 138 valence electrons. The first-order valence-corrected chi connectivity index (χ1v) is 9.41. The van der Waals surface area contributed by atoms with E-state index in [1.54, 1.807) is 32.4 Å². The molecule has 1 amide bonds. The van der Waals surface area contributed by atoms with Crippen molar-refractivity contribution in [1.82, 2.24) is 10.2 Å². The van der Waals surface area contributed by atoms with E-state index in [0.717, 1.165) is 45.2 Å². The number of piperidine rings is 1. The van der Waals surface area contributed by atoms with Gasteiger partial charge in [0, 0.05) is 37.8 Å². The number of halogens is 1. The summed E-state index contributed by atoms with van der Waals surface area (Å²) in [4.78, 5) is 15.2. The van der Waals surface area contributed by atoms with Crippen LogP contribution in [0.4, 0.5) is 0 Å². The van der Waals surface area contributed by atoms with Gasteiger partial charge in [-0.2, -0.15) is 0 Å². The number of rotatable bonds is 5. The van der Waals surface area contributed by atoms with Gasteiger partial charge in [0.05, 0.1) is 18.2 Å². The highest BCUT2D eigenvalue weighted by Gasteiger charge is 2.35. The number of hydrogen-bond acceptors (Lipinski definition) is 4. The molecule has 0 radical (unpaired) electrons. The fourth-order valence-corrected chi connectivity index (χ4v) is 4.24. The maximum Gasteiger partial charge on any atom is 0.251 e. The van der Waals surface area contributed by atoms with E-state index in [4.69, 9.17) is 21.1 Å². The van der Waals surface area contributed by atoms with Crippen LogP contribution in [0.5, 0.6) is 5.75 Å². The standard InChI is InChI=1S/C19H27ClN2O3/c1-24-14-8-10-22(11-9-14)17-5-3-4-16(17)21-19(23)13-6-7-15(20)18(12-13)25-2/h6-7,12,14,16-17H,3-5,8-11H2,1-2H3,(H,21,23)/t16-,17-/m1/s1. The van der Waals surface area contributed by atoms with Crippen LogP contribution in [0.3, 0.4) is 0 Å². The summed E-state index contributed by atoms with van der Waals surface area (Å²) in [5.41, 5.74) is 0.588. The molecule has 1 saturated heterocycles. The van der Waals surface area contributed by atoms with Crippen LogP contribution in [0.2, 0.25) is 5.02 Å². The summed E-state index contributed by atoms with van der Waals surface area (Å²) >= 11 is 6.05. The summed E-state index contributed by atoms with van der Waals surface area (Å²) in [6.07, 6.45) is 5.86. The number of methoxy groups -OCH3 is 2. The number of ether oxygens (including phenoxy) is 2. The molecule has 3 rings (SSSR count). The lowest BCUT2D eigenvalue weighted by Crippen LogP contribution is -2.51. The van der Waals surface area contributed by atoms with Crippen molar-refractivity contribution in [3.05, 3.63) is 28.8 Å². The minimum Gasteiger partial charge on any atom is -0.495 e. The minimum absolute atomic E-state index is 0.0568. The van der Waals surface area contributed by atoms with Gasteiger partial charge in [-0.25, -0.2) is 0 Å². The fraction of sp³-hybridized carbons (Fsp3) is 0.632. The third kappa shape index (κ3) is 4.27. The van der Waals surface area contributed by atoms with E-state index >= 15 is 0 Å². The second kappa shape index (κ2) is 8.39. The molecule has 0 bridgehead atoms. The molecule has 1 saturated carbocycles. The first-order valence-electron chi connectivity index (χ1n) is 9.03. The third-order valence-corrected chi connectivity index (χ3v) is 5.80. The predicted molar refractivity (Wildman–Crippen MR) is 98.5 cm³/mol. The first-order chi connectivity index (χ1) is 12.1. The van der Waals surface area contributed by atoms with E-state index in [0.29, 0.717) is 28.5 Å². The van der Waals surface area contributed by atoms with E-state index in [9.17, 15) is 4.79 Å². The van der Waals surface area contributed by atoms with Crippen LogP contribution < -0.4 is 10.1 Å². The average molecular weight is 367 g/mol. The van der Waals surface area contributed by atoms with E-state index in [1.165, 1.54) is 0 Å². The molecule has 6 heteroatoms. The Hall–Kier alpha value is -1.30. The van der Waals surface area contributed by atoms with Crippen molar-refractivity contribution in [3.8, 4) is 5.75 Å². The first kappa shape index (κ1) is 18.5. The summed E-state index contributed by atoms with van der Waals surface area (Å²) in [6, 6.07) is 5.78. The smallest absolute Gasteiger partial charge is 0.251 e. The van der Waals surface area contributed by atoms with Crippen molar-refractivity contribution >= 4 is 17.5 Å². The fourth-order valence-electron chi connectivity index (χ4n) is 4.04. The Kier molecular flexibility index (Phi) is 6.20. The Bertz CT molecular complexity index is 602. The highest BCUT2D eigenvalue weighted by atomic mass is 35.5. The van der Waals surface area contributed by atoms with Gasteiger partial charge < -0.3 is 14.8 Å². The number of carbonyl (C=O) groups is 1. The Balaban J connectivity index is 1.62. The largest absolute Gasteiger partial charge is 0.495 e. The maximum atomic E-state index is 12.7. The van der Waals surface area contributed by atoms with Crippen LogP contribution in [-0.4, -0.2) is 56.3 Å². The lowest BCUT2D eigenvalue weighted by Gasteiger charge is -2.38. The average Bonchev–Trinajstić information content (AvgIpc) is 3.10. The quantitative estimate of drug-likeness (QED) is 0.869. The van der Waals surface area contributed by atoms with Gasteiger partial charge in [0.2, 0.25) is 0 Å². The van der Waals surface area contributed by atoms with Gasteiger partial charge in [-0.05, 0) is 50.3 Å². The Morgan fingerprint density at radius 1 is 1.20 bits per heavy atom. The SMILES string of the molecule is COc1cc(C(=O)N[C@@H]2CCC[C@H]2N2CCC(OC)CC2)ccc1Cl. The normalized spacial score (nSPS) is 25.1. The van der Waals surface area contributed by atoms with Crippen molar-refractivity contribution in [2.75, 3.05) is 27.3 Å². The number of benzene rings is 1. The summed E-state index contributed by atoms with van der Waals surface area (Å²) < 4.78 is 10.7. The predicted octanol–water partition coefficient (Wildman–Crippen LogP) is 3.11. The molecule has 2 aliphatic rings. The number of likely N-dealkylation sites (tertiary alicyclic amines) is 1. The molecule has 0 spiro atoms. The highest BCUT2D eigenvalue weighted by Crippen LogP contribution is 2.29. The molecule has 1 heterocycles. The lowest BCUT2D eigenvalue weighted by atomic mass is 10.0. The van der Waals surface area contributed by atoms with Crippen molar-refractivity contribution in [2.45, 2.75) is 50.3 Å². The van der Waals surface area contributed by atoms with Crippen molar-refractivity contribution in [2.24, 2.45) is 0 Å². The van der Waals surface area contributed by atoms with Crippen molar-refractivity contribution < 1.29 is 14.3 Å². The molecule has 1 aliphatic heterocycles. The zero-order valence-corrected chi connectivity index (χ0v) is 15.7. The van der Waals surface area contributed by atoms with Gasteiger partial charge in [-0.1, -0.05) is 11.6 Å². The van der Waals surface area contributed by atoms with Gasteiger partial charge in [0.25, 0.3) is 5.91 Å². The Labute approximate surface area is 154 Å². The van der Waals surface area contributed by atoms with Crippen LogP contribution >= 0.6 is 11.6 Å². The minimum atomic E-state index is -0.0568. The molecule has 1 aromatic rings. The molecule has 0 unspecified atom stereocenters. The Morgan fingerprint density at radius 2 is 1.96 bits per heavy atom. The van der Waals surface area contributed by atoms with Crippen LogP contribution in [-0.2, 0) is 4.74 Å². The molecule has 5 nitrogen and oxygen atoms in total. The molecule has 2 fully saturated rings. The number of amides is 1. The van der Waals surface area contributed by atoms with Crippen LogP contribution in [0.25, 0.3) is 0 Å². The Morgan fingerprint density at radius 3 is 2.64 bits per heavy atom. The van der Waals surface area contributed by atoms with Gasteiger partial charge in [0.1, 0.15) is 5.75 Å². The van der Waals surface area contributed by atoms with E-state index < -0.39 is 0 Å². The topological polar surface area (TPSA) is 50.8 Å². The van der Waals surface area contributed by atoms with Gasteiger partial charge >= 0.3 is 0 Å². The summed E-state index contributed by atoms with van der Waals surface area (Å²) in [7, 11) is 3.35. The molecule has 1 aromatic carbocycles. The van der Waals surface area contributed by atoms with Gasteiger partial charge in [-0.15, -0.1) is 0 Å². The maximum absolute atomic E-state index is 12.7. The van der Waals surface area contributed by atoms with Gasteiger partial charge in [-0.3, -0.25) is 9.69 Å². The van der Waals surface area contributed by atoms with E-state index in [2.05, 4.69) is 10.2 Å². The van der Waals surface area contributed by atoms with Gasteiger partial charge in [0.15, 0.2) is 0 Å². The summed E-state index contributed by atoms with van der Waals surface area (Å²) in [5, 5.41) is 3.74. The molecule has 25 heavy (non-hydrogen) atoms. The van der Waals surface area contributed by atoms with E-state index in [-0.39, 0.29) is 11.9 Å². The van der Waals surface area contributed by atoms with Crippen molar-refractivity contribution in [3.63, 3.8) is 0 Å². The molecule has 1 aliphatic carbocycles. The van der Waals surface area contributed by atoms with Crippen LogP contribution in [0, 0.1) is 0 Å². The second-order valence-electron chi connectivity index (χ2n) is 6.90. The van der Waals surface area contributed by atoms with Crippen molar-refractivity contribution in [1.29, 1.82) is 0 Å². The van der Waals surface area contributed by atoms with Crippen LogP contribution in [0.15, 0.2) is 18.2 Å². The summed E-state index contributed by atoms with van der Waals surface area (Å²) in [6.45, 7) is 2.09. The molecular formula is C19H27ClN2O3. The number of nitrogens with one attached hydrogen (secondary N) is 1. The number of nitrogens with zero attached hydrogens (tertiary/aromatic N) is 1. The molecular weight excluding hydrogens is 340 g/mol. The van der Waals surface area contributed by atoms with E-state index in [1.807, 2.05) is 0 Å². The third-order valence-electron chi connectivity index (χ3n) is 5.49. The number of carbonyl (C=O) groups excluding carboxylic acids is 1. The summed E-state index contributed by atoms with van der Waals surface area (Å²) in [5.74, 6) is 0.470. The van der Waals surface area contributed by atoms with Crippen LogP contribution in [0.1, 0.15) is 42.5 Å². The monoisotopic (exact) mass is 366 g/mol. The number of hydrogen-bond donors (Lipinski definition) is 1. The molecule has 1 N–H and O–H groups in total. The lowest BCUT2D eigenvalue weighted by molar-refractivity contribution is 0.0238.